The lowest BCUT2D eigenvalue weighted by molar-refractivity contribution is -0.160. The average molecular weight is 660 g/mol. The summed E-state index contributed by atoms with van der Waals surface area (Å²) in [6.45, 7) is 17.2. The van der Waals surface area contributed by atoms with Crippen LogP contribution in [0, 0.1) is 34.0 Å². The molecule has 0 spiro atoms. The maximum atomic E-state index is 14.6. The summed E-state index contributed by atoms with van der Waals surface area (Å²) in [6.07, 6.45) is 6.41. The van der Waals surface area contributed by atoms with Crippen molar-refractivity contribution >= 4 is 35.5 Å². The normalized spacial score (nSPS) is 26.6. The molecule has 4 fully saturated rings. The number of piperidine rings is 1. The van der Waals surface area contributed by atoms with Gasteiger partial charge in [0.1, 0.15) is 23.7 Å². The summed E-state index contributed by atoms with van der Waals surface area (Å²) in [7, 11) is 0. The van der Waals surface area contributed by atoms with Crippen molar-refractivity contribution in [1.82, 2.24) is 20.9 Å². The van der Waals surface area contributed by atoms with Gasteiger partial charge < -0.3 is 31.3 Å². The topological polar surface area (TPSA) is 177 Å². The molecule has 1 heterocycles. The second kappa shape index (κ2) is 13.0. The fourth-order valence-corrected chi connectivity index (χ4v) is 8.00. The SMILES string of the molecule is CC(C)(C)OC(=O)[C@@H](NC(=O)N[C@H](C(=O)N1C[C@H]2[C@@H]([C@H]1C(=O)NC(CC1CCC1)C(=O)C(N)=O)C2(C)C)C1(C)CCCC1)C(C)(C)C. The van der Waals surface area contributed by atoms with E-state index in [4.69, 9.17) is 10.5 Å². The van der Waals surface area contributed by atoms with Crippen molar-refractivity contribution in [3.05, 3.63) is 0 Å². The number of esters is 1. The Balaban J connectivity index is 1.58. The number of likely N-dealkylation sites (tertiary alicyclic amines) is 1. The van der Waals surface area contributed by atoms with E-state index in [9.17, 15) is 28.8 Å². The van der Waals surface area contributed by atoms with E-state index >= 15 is 0 Å². The molecule has 0 aromatic carbocycles. The molecule has 3 saturated carbocycles. The van der Waals surface area contributed by atoms with E-state index in [1.165, 1.54) is 0 Å². The summed E-state index contributed by atoms with van der Waals surface area (Å²) in [5.74, 6) is -3.19. The van der Waals surface area contributed by atoms with E-state index in [1.807, 2.05) is 27.7 Å². The number of nitrogens with zero attached hydrogens (tertiary/aromatic N) is 1. The molecule has 12 nitrogen and oxygen atoms in total. The minimum absolute atomic E-state index is 0.0717. The minimum Gasteiger partial charge on any atom is -0.458 e. The predicted octanol–water partition coefficient (Wildman–Crippen LogP) is 3.20. The van der Waals surface area contributed by atoms with Gasteiger partial charge in [-0.25, -0.2) is 9.59 Å². The molecule has 0 radical (unpaired) electrons. The molecule has 1 aliphatic heterocycles. The Labute approximate surface area is 279 Å². The number of carbonyl (C=O) groups excluding carboxylic acids is 6. The van der Waals surface area contributed by atoms with Crippen molar-refractivity contribution in [3.8, 4) is 0 Å². The number of Topliss-reactive ketones (excluding diaryl/α,β-unsaturated/α-hetero) is 1. The number of fused-ring (bicyclic) bond motifs is 1. The van der Waals surface area contributed by atoms with Crippen molar-refractivity contribution < 1.29 is 33.5 Å². The number of ketones is 1. The van der Waals surface area contributed by atoms with E-state index in [0.29, 0.717) is 25.8 Å². The molecule has 5 amide bonds. The summed E-state index contributed by atoms with van der Waals surface area (Å²) >= 11 is 0. The van der Waals surface area contributed by atoms with E-state index in [0.717, 1.165) is 32.1 Å². The Morgan fingerprint density at radius 2 is 1.49 bits per heavy atom. The van der Waals surface area contributed by atoms with Crippen LogP contribution in [0.5, 0.6) is 0 Å². The zero-order valence-corrected chi connectivity index (χ0v) is 29.8. The first-order valence-electron chi connectivity index (χ1n) is 17.3. The first kappa shape index (κ1) is 36.7. The molecule has 47 heavy (non-hydrogen) atoms. The third-order valence-electron chi connectivity index (χ3n) is 11.2. The van der Waals surface area contributed by atoms with Crippen molar-refractivity contribution in [2.75, 3.05) is 6.54 Å². The number of carbonyl (C=O) groups is 6. The highest BCUT2D eigenvalue weighted by molar-refractivity contribution is 6.37. The maximum Gasteiger partial charge on any atom is 0.329 e. The Hall–Kier alpha value is -3.18. The fourth-order valence-electron chi connectivity index (χ4n) is 8.00. The van der Waals surface area contributed by atoms with Gasteiger partial charge in [0.15, 0.2) is 0 Å². The van der Waals surface area contributed by atoms with Gasteiger partial charge in [-0.3, -0.25) is 19.2 Å². The van der Waals surface area contributed by atoms with Gasteiger partial charge in [-0.05, 0) is 74.0 Å². The number of amides is 5. The Bertz CT molecular complexity index is 1270. The van der Waals surface area contributed by atoms with E-state index in [-0.39, 0.29) is 29.1 Å². The molecule has 1 unspecified atom stereocenters. The minimum atomic E-state index is -1.09. The number of primary amides is 1. The Morgan fingerprint density at radius 3 is 1.98 bits per heavy atom. The van der Waals surface area contributed by atoms with Crippen LogP contribution in [0.2, 0.25) is 0 Å². The lowest BCUT2D eigenvalue weighted by atomic mass is 9.79. The van der Waals surface area contributed by atoms with Crippen molar-refractivity contribution in [2.24, 2.45) is 39.7 Å². The smallest absolute Gasteiger partial charge is 0.329 e. The van der Waals surface area contributed by atoms with Crippen LogP contribution in [0.4, 0.5) is 4.79 Å². The molecule has 4 aliphatic rings. The van der Waals surface area contributed by atoms with Crippen molar-refractivity contribution in [2.45, 2.75) is 143 Å². The van der Waals surface area contributed by atoms with Crippen LogP contribution in [0.25, 0.3) is 0 Å². The third kappa shape index (κ3) is 7.94. The van der Waals surface area contributed by atoms with Gasteiger partial charge in [-0.2, -0.15) is 0 Å². The summed E-state index contributed by atoms with van der Waals surface area (Å²) in [4.78, 5) is 81.7. The van der Waals surface area contributed by atoms with Crippen LogP contribution in [0.3, 0.4) is 0 Å². The van der Waals surface area contributed by atoms with Crippen LogP contribution in [-0.4, -0.2) is 76.7 Å². The quantitative estimate of drug-likeness (QED) is 0.194. The van der Waals surface area contributed by atoms with Gasteiger partial charge >= 0.3 is 12.0 Å². The number of rotatable bonds is 11. The fraction of sp³-hybridized carbons (Fsp3) is 0.829. The zero-order chi connectivity index (χ0) is 35.3. The predicted molar refractivity (Wildman–Crippen MR) is 175 cm³/mol. The maximum absolute atomic E-state index is 14.6. The van der Waals surface area contributed by atoms with Crippen LogP contribution >= 0.6 is 0 Å². The number of urea groups is 1. The van der Waals surface area contributed by atoms with E-state index in [2.05, 4.69) is 29.8 Å². The lowest BCUT2D eigenvalue weighted by Gasteiger charge is -2.40. The summed E-state index contributed by atoms with van der Waals surface area (Å²) < 4.78 is 5.60. The summed E-state index contributed by atoms with van der Waals surface area (Å²) in [5.41, 5.74) is 3.15. The monoisotopic (exact) mass is 659 g/mol. The molecule has 4 rings (SSSR count). The van der Waals surface area contributed by atoms with Crippen LogP contribution in [0.1, 0.15) is 114 Å². The van der Waals surface area contributed by atoms with Crippen LogP contribution in [0.15, 0.2) is 0 Å². The zero-order valence-electron chi connectivity index (χ0n) is 29.8. The van der Waals surface area contributed by atoms with Crippen molar-refractivity contribution in [3.63, 3.8) is 0 Å². The highest BCUT2D eigenvalue weighted by Gasteiger charge is 2.70. The Morgan fingerprint density at radius 1 is 0.894 bits per heavy atom. The molecule has 0 aromatic heterocycles. The molecule has 1 saturated heterocycles. The lowest BCUT2D eigenvalue weighted by Crippen LogP contribution is -2.63. The second-order valence-corrected chi connectivity index (χ2v) is 17.5. The van der Waals surface area contributed by atoms with Gasteiger partial charge in [0.2, 0.25) is 17.6 Å². The Kier molecular flexibility index (Phi) is 10.2. The largest absolute Gasteiger partial charge is 0.458 e. The number of nitrogens with one attached hydrogen (secondary N) is 3. The summed E-state index contributed by atoms with van der Waals surface area (Å²) in [5, 5.41) is 8.53. The molecule has 12 heteroatoms. The van der Waals surface area contributed by atoms with Crippen LogP contribution < -0.4 is 21.7 Å². The van der Waals surface area contributed by atoms with Gasteiger partial charge in [-0.15, -0.1) is 0 Å². The van der Waals surface area contributed by atoms with E-state index in [1.54, 1.807) is 25.7 Å². The number of hydrogen-bond acceptors (Lipinski definition) is 7. The molecule has 6 atom stereocenters. The van der Waals surface area contributed by atoms with Gasteiger partial charge in [0.25, 0.3) is 5.91 Å². The first-order chi connectivity index (χ1) is 21.6. The van der Waals surface area contributed by atoms with Crippen molar-refractivity contribution in [1.29, 1.82) is 0 Å². The van der Waals surface area contributed by atoms with Gasteiger partial charge in [-0.1, -0.05) is 73.6 Å². The average Bonchev–Trinajstić information content (AvgIpc) is 3.28. The highest BCUT2D eigenvalue weighted by atomic mass is 16.6. The number of hydrogen-bond donors (Lipinski definition) is 4. The molecular weight excluding hydrogens is 602 g/mol. The number of ether oxygens (including phenoxy) is 1. The highest BCUT2D eigenvalue weighted by Crippen LogP contribution is 2.65. The summed E-state index contributed by atoms with van der Waals surface area (Å²) in [6, 6.07) is -4.52. The van der Waals surface area contributed by atoms with Crippen LogP contribution in [-0.2, 0) is 28.7 Å². The molecule has 0 bridgehead atoms. The standard InChI is InChI=1S/C35H57N5O7/c1-32(2,3)26(30(45)47-33(4,5)6)39-31(46)38-25(35(9)15-10-11-16-35)29(44)40-18-20-22(34(20,7)8)23(40)28(43)37-21(24(41)27(36)42)17-19-13-12-14-19/h19-23,25-26H,10-18H2,1-9H3,(H2,36,42)(H,37,43)(H2,38,39,46)/t20-,21?,22-,23-,25+,26+/m0/s1. The number of nitrogens with two attached hydrogens (primary N) is 1. The van der Waals surface area contributed by atoms with E-state index < -0.39 is 70.2 Å². The molecule has 5 N–H and O–H groups in total. The first-order valence-corrected chi connectivity index (χ1v) is 17.3. The molecule has 264 valence electrons. The molecule has 0 aromatic rings. The molecule has 3 aliphatic carbocycles. The van der Waals surface area contributed by atoms with Gasteiger partial charge in [0, 0.05) is 6.54 Å². The third-order valence-corrected chi connectivity index (χ3v) is 11.2. The molecular formula is C35H57N5O7. The van der Waals surface area contributed by atoms with Gasteiger partial charge in [0.05, 0.1) is 6.04 Å². The second-order valence-electron chi connectivity index (χ2n) is 17.5.